The number of halogens is 1. The minimum absolute atomic E-state index is 0.232. The van der Waals surface area contributed by atoms with E-state index in [9.17, 15) is 9.18 Å². The van der Waals surface area contributed by atoms with Gasteiger partial charge in [0.05, 0.1) is 5.69 Å². The molecule has 0 aliphatic heterocycles. The number of aromatic nitrogens is 2. The zero-order valence-electron chi connectivity index (χ0n) is 8.83. The Morgan fingerprint density at radius 3 is 2.81 bits per heavy atom. The summed E-state index contributed by atoms with van der Waals surface area (Å²) in [5.74, 6) is -0.101. The highest BCUT2D eigenvalue weighted by Gasteiger charge is 2.13. The third-order valence-electron chi connectivity index (χ3n) is 2.39. The quantitative estimate of drug-likeness (QED) is 0.805. The van der Waals surface area contributed by atoms with Gasteiger partial charge in [-0.2, -0.15) is 0 Å². The number of aryl methyl sites for hydroxylation is 1. The Labute approximate surface area is 92.3 Å². The fourth-order valence-corrected chi connectivity index (χ4v) is 1.62. The second kappa shape index (κ2) is 4.26. The van der Waals surface area contributed by atoms with Gasteiger partial charge in [0.15, 0.2) is 12.1 Å². The Morgan fingerprint density at radius 1 is 1.44 bits per heavy atom. The number of benzene rings is 1. The third-order valence-corrected chi connectivity index (χ3v) is 2.39. The highest BCUT2D eigenvalue weighted by Crippen LogP contribution is 2.24. The van der Waals surface area contributed by atoms with E-state index in [1.165, 1.54) is 6.07 Å². The van der Waals surface area contributed by atoms with E-state index in [0.717, 1.165) is 5.69 Å². The van der Waals surface area contributed by atoms with Gasteiger partial charge < -0.3 is 4.98 Å². The van der Waals surface area contributed by atoms with E-state index >= 15 is 0 Å². The summed E-state index contributed by atoms with van der Waals surface area (Å²) >= 11 is 0. The summed E-state index contributed by atoms with van der Waals surface area (Å²) in [5, 5.41) is 0. The van der Waals surface area contributed by atoms with Crippen molar-refractivity contribution in [2.75, 3.05) is 0 Å². The number of nitrogens with zero attached hydrogens (tertiary/aromatic N) is 1. The Morgan fingerprint density at radius 2 is 2.19 bits per heavy atom. The van der Waals surface area contributed by atoms with Gasteiger partial charge in [-0.05, 0) is 18.6 Å². The van der Waals surface area contributed by atoms with Gasteiger partial charge in [-0.15, -0.1) is 0 Å². The minimum atomic E-state index is -0.332. The summed E-state index contributed by atoms with van der Waals surface area (Å²) in [6.45, 7) is 1.92. The Hall–Kier alpha value is -1.97. The van der Waals surface area contributed by atoms with Crippen LogP contribution in [0, 0.1) is 5.82 Å². The van der Waals surface area contributed by atoms with Crippen LogP contribution in [-0.4, -0.2) is 16.3 Å². The van der Waals surface area contributed by atoms with Gasteiger partial charge in [0.25, 0.3) is 0 Å². The fourth-order valence-electron chi connectivity index (χ4n) is 1.62. The normalized spacial score (nSPS) is 10.4. The molecule has 3 nitrogen and oxygen atoms in total. The number of hydrogen-bond donors (Lipinski definition) is 1. The first kappa shape index (κ1) is 10.5. The maximum Gasteiger partial charge on any atom is 0.185 e. The number of nitrogens with one attached hydrogen (secondary N) is 1. The van der Waals surface area contributed by atoms with Crippen molar-refractivity contribution >= 4 is 6.29 Å². The van der Waals surface area contributed by atoms with Gasteiger partial charge in [0.2, 0.25) is 0 Å². The molecule has 0 spiro atoms. The minimum Gasteiger partial charge on any atom is -0.339 e. The highest BCUT2D eigenvalue weighted by atomic mass is 19.1. The number of aldehydes is 1. The number of rotatable bonds is 3. The molecule has 0 saturated heterocycles. The van der Waals surface area contributed by atoms with Crippen LogP contribution in [0.2, 0.25) is 0 Å². The number of aromatic amines is 1. The number of H-pyrrole nitrogens is 1. The number of hydrogen-bond acceptors (Lipinski definition) is 2. The van der Waals surface area contributed by atoms with Gasteiger partial charge in [-0.25, -0.2) is 9.37 Å². The predicted molar refractivity (Wildman–Crippen MR) is 58.7 cm³/mol. The summed E-state index contributed by atoms with van der Waals surface area (Å²) < 4.78 is 13.6. The average Bonchev–Trinajstić information content (AvgIpc) is 2.72. The van der Waals surface area contributed by atoms with E-state index < -0.39 is 0 Å². The van der Waals surface area contributed by atoms with Gasteiger partial charge in [0, 0.05) is 11.3 Å². The molecular weight excluding hydrogens is 207 g/mol. The van der Waals surface area contributed by atoms with E-state index in [-0.39, 0.29) is 11.6 Å². The van der Waals surface area contributed by atoms with Crippen LogP contribution in [0.5, 0.6) is 0 Å². The van der Waals surface area contributed by atoms with Crippen molar-refractivity contribution in [3.63, 3.8) is 0 Å². The van der Waals surface area contributed by atoms with Crippen molar-refractivity contribution in [1.82, 2.24) is 9.97 Å². The van der Waals surface area contributed by atoms with Crippen molar-refractivity contribution in [3.05, 3.63) is 41.6 Å². The molecule has 4 heteroatoms. The Kier molecular flexibility index (Phi) is 2.81. The molecule has 0 bridgehead atoms. The first-order valence-corrected chi connectivity index (χ1v) is 5.05. The van der Waals surface area contributed by atoms with Crippen molar-refractivity contribution in [1.29, 1.82) is 0 Å². The Bertz CT molecular complexity index is 519. The lowest BCUT2D eigenvalue weighted by molar-refractivity contribution is 0.111. The van der Waals surface area contributed by atoms with Crippen molar-refractivity contribution < 1.29 is 9.18 Å². The topological polar surface area (TPSA) is 45.8 Å². The molecule has 0 aliphatic rings. The van der Waals surface area contributed by atoms with E-state index in [1.54, 1.807) is 18.2 Å². The van der Waals surface area contributed by atoms with Crippen LogP contribution in [0.4, 0.5) is 4.39 Å². The van der Waals surface area contributed by atoms with Crippen molar-refractivity contribution in [2.24, 2.45) is 0 Å². The Balaban J connectivity index is 2.59. The molecule has 2 rings (SSSR count). The zero-order valence-corrected chi connectivity index (χ0v) is 8.83. The largest absolute Gasteiger partial charge is 0.339 e. The average molecular weight is 218 g/mol. The molecule has 1 heterocycles. The number of carbonyl (C=O) groups excluding carboxylic acids is 1. The van der Waals surface area contributed by atoms with Gasteiger partial charge >= 0.3 is 0 Å². The molecule has 0 radical (unpaired) electrons. The molecule has 0 saturated carbocycles. The summed E-state index contributed by atoms with van der Waals surface area (Å²) in [6.07, 6.45) is 1.30. The van der Waals surface area contributed by atoms with E-state index in [1.807, 2.05) is 6.92 Å². The second-order valence-electron chi connectivity index (χ2n) is 3.40. The SMILES string of the molecule is CCc1[nH]c(C=O)nc1-c1ccccc1F. The summed E-state index contributed by atoms with van der Waals surface area (Å²) in [6, 6.07) is 6.40. The second-order valence-corrected chi connectivity index (χ2v) is 3.40. The number of imidazole rings is 1. The lowest BCUT2D eigenvalue weighted by Gasteiger charge is -2.01. The summed E-state index contributed by atoms with van der Waals surface area (Å²) in [5.41, 5.74) is 1.71. The molecule has 0 aliphatic carbocycles. The molecule has 0 amide bonds. The van der Waals surface area contributed by atoms with Gasteiger partial charge in [-0.1, -0.05) is 19.1 Å². The smallest absolute Gasteiger partial charge is 0.185 e. The van der Waals surface area contributed by atoms with E-state index in [4.69, 9.17) is 0 Å². The molecule has 82 valence electrons. The maximum atomic E-state index is 13.6. The van der Waals surface area contributed by atoms with Crippen LogP contribution in [0.3, 0.4) is 0 Å². The van der Waals surface area contributed by atoms with E-state index in [0.29, 0.717) is 24.0 Å². The zero-order chi connectivity index (χ0) is 11.5. The van der Waals surface area contributed by atoms with Crippen LogP contribution in [0.15, 0.2) is 24.3 Å². The van der Waals surface area contributed by atoms with E-state index in [2.05, 4.69) is 9.97 Å². The van der Waals surface area contributed by atoms with Gasteiger partial charge in [-0.3, -0.25) is 4.79 Å². The number of carbonyl (C=O) groups is 1. The summed E-state index contributed by atoms with van der Waals surface area (Å²) in [7, 11) is 0. The third kappa shape index (κ3) is 1.74. The molecule has 1 N–H and O–H groups in total. The van der Waals surface area contributed by atoms with Gasteiger partial charge in [0.1, 0.15) is 5.82 Å². The molecule has 1 aromatic heterocycles. The molecule has 0 unspecified atom stereocenters. The van der Waals surface area contributed by atoms with Crippen molar-refractivity contribution in [3.8, 4) is 11.3 Å². The highest BCUT2D eigenvalue weighted by molar-refractivity contribution is 5.73. The molecule has 16 heavy (non-hydrogen) atoms. The molecule has 0 fully saturated rings. The molecule has 2 aromatic rings. The monoisotopic (exact) mass is 218 g/mol. The maximum absolute atomic E-state index is 13.6. The predicted octanol–water partition coefficient (Wildman–Crippen LogP) is 2.59. The lowest BCUT2D eigenvalue weighted by Crippen LogP contribution is -1.89. The van der Waals surface area contributed by atoms with Crippen LogP contribution in [-0.2, 0) is 6.42 Å². The van der Waals surface area contributed by atoms with Crippen LogP contribution in [0.25, 0.3) is 11.3 Å². The molecule has 0 atom stereocenters. The fraction of sp³-hybridized carbons (Fsp3) is 0.167. The molecular formula is C12H11FN2O. The molecule has 1 aromatic carbocycles. The standard InChI is InChI=1S/C12H11FN2O/c1-2-10-12(15-11(7-16)14-10)8-5-3-4-6-9(8)13/h3-7H,2H2,1H3,(H,14,15). The van der Waals surface area contributed by atoms with Crippen LogP contribution in [0.1, 0.15) is 23.2 Å². The first-order chi connectivity index (χ1) is 7.76. The van der Waals surface area contributed by atoms with Crippen molar-refractivity contribution in [2.45, 2.75) is 13.3 Å². The van der Waals surface area contributed by atoms with Crippen LogP contribution < -0.4 is 0 Å². The summed E-state index contributed by atoms with van der Waals surface area (Å²) in [4.78, 5) is 17.5. The lowest BCUT2D eigenvalue weighted by atomic mass is 10.1. The first-order valence-electron chi connectivity index (χ1n) is 5.05. The van der Waals surface area contributed by atoms with Crippen LogP contribution >= 0.6 is 0 Å².